The summed E-state index contributed by atoms with van der Waals surface area (Å²) in [4.78, 5) is 20.1. The first-order valence-electron chi connectivity index (χ1n) is 7.61. The van der Waals surface area contributed by atoms with Crippen molar-refractivity contribution < 1.29 is 4.79 Å². The minimum absolute atomic E-state index is 0.0172. The quantitative estimate of drug-likeness (QED) is 0.913. The van der Waals surface area contributed by atoms with Gasteiger partial charge in [-0.3, -0.25) is 5.10 Å². The van der Waals surface area contributed by atoms with Gasteiger partial charge in [0.05, 0.1) is 24.5 Å². The molecule has 1 saturated heterocycles. The first-order valence-corrected chi connectivity index (χ1v) is 8.43. The second-order valence-corrected chi connectivity index (χ2v) is 6.93. The zero-order valence-corrected chi connectivity index (χ0v) is 13.7. The maximum Gasteiger partial charge on any atom is 0.318 e. The van der Waals surface area contributed by atoms with Crippen LogP contribution in [0.15, 0.2) is 12.4 Å². The molecule has 2 aromatic heterocycles. The molecule has 1 aliphatic rings. The number of H-pyrrole nitrogens is 1. The molecule has 0 bridgehead atoms. The number of urea groups is 1. The number of hydrogen-bond donors (Lipinski definition) is 2. The van der Waals surface area contributed by atoms with Gasteiger partial charge in [-0.15, -0.1) is 11.3 Å². The van der Waals surface area contributed by atoms with Gasteiger partial charge in [-0.25, -0.2) is 9.78 Å². The van der Waals surface area contributed by atoms with Crippen LogP contribution in [0.1, 0.15) is 46.4 Å². The van der Waals surface area contributed by atoms with Crippen molar-refractivity contribution in [3.05, 3.63) is 33.5 Å². The molecular formula is C15H21N5OS. The largest absolute Gasteiger partial charge is 0.331 e. The molecule has 1 fully saturated rings. The Labute approximate surface area is 133 Å². The Morgan fingerprint density at radius 1 is 1.50 bits per heavy atom. The van der Waals surface area contributed by atoms with Crippen LogP contribution in [0.2, 0.25) is 0 Å². The Balaban J connectivity index is 1.64. The highest BCUT2D eigenvalue weighted by atomic mass is 32.1. The number of nitrogens with one attached hydrogen (secondary N) is 2. The van der Waals surface area contributed by atoms with E-state index in [4.69, 9.17) is 0 Å². The fourth-order valence-electron chi connectivity index (χ4n) is 2.83. The normalized spacial score (nSPS) is 18.5. The highest BCUT2D eigenvalue weighted by Crippen LogP contribution is 2.30. The molecule has 0 spiro atoms. The third-order valence-corrected chi connectivity index (χ3v) is 5.20. The van der Waals surface area contributed by atoms with E-state index in [-0.39, 0.29) is 12.1 Å². The van der Waals surface area contributed by atoms with Crippen molar-refractivity contribution >= 4 is 17.4 Å². The number of nitrogens with zero attached hydrogens (tertiary/aromatic N) is 3. The van der Waals surface area contributed by atoms with Gasteiger partial charge in [-0.2, -0.15) is 5.10 Å². The van der Waals surface area contributed by atoms with E-state index in [1.165, 1.54) is 4.88 Å². The summed E-state index contributed by atoms with van der Waals surface area (Å²) in [6, 6.07) is 0.101. The fourth-order valence-corrected chi connectivity index (χ4v) is 3.71. The van der Waals surface area contributed by atoms with Crippen molar-refractivity contribution in [3.8, 4) is 0 Å². The third-order valence-electron chi connectivity index (χ3n) is 4.13. The van der Waals surface area contributed by atoms with Crippen LogP contribution in [-0.4, -0.2) is 32.7 Å². The van der Waals surface area contributed by atoms with Crippen LogP contribution in [-0.2, 0) is 6.54 Å². The summed E-state index contributed by atoms with van der Waals surface area (Å²) in [6.07, 6.45) is 6.87. The first-order chi connectivity index (χ1) is 10.6. The van der Waals surface area contributed by atoms with Gasteiger partial charge < -0.3 is 10.2 Å². The summed E-state index contributed by atoms with van der Waals surface area (Å²) >= 11 is 1.64. The predicted octanol–water partition coefficient (Wildman–Crippen LogP) is 2.92. The summed E-state index contributed by atoms with van der Waals surface area (Å²) in [5.74, 6) is 0. The van der Waals surface area contributed by atoms with Gasteiger partial charge in [-0.05, 0) is 33.1 Å². The van der Waals surface area contributed by atoms with E-state index in [0.717, 1.165) is 42.1 Å². The van der Waals surface area contributed by atoms with E-state index in [1.54, 1.807) is 11.3 Å². The van der Waals surface area contributed by atoms with Gasteiger partial charge in [-0.1, -0.05) is 0 Å². The average Bonchev–Trinajstić information content (AvgIpc) is 3.16. The predicted molar refractivity (Wildman–Crippen MR) is 85.7 cm³/mol. The number of carbonyl (C=O) groups excluding carboxylic acids is 1. The highest BCUT2D eigenvalue weighted by Gasteiger charge is 2.28. The van der Waals surface area contributed by atoms with E-state index >= 15 is 0 Å². The van der Waals surface area contributed by atoms with E-state index < -0.39 is 0 Å². The zero-order valence-electron chi connectivity index (χ0n) is 12.9. The Morgan fingerprint density at radius 3 is 3.05 bits per heavy atom. The Bertz CT molecular complexity index is 617. The molecule has 0 unspecified atom stereocenters. The molecule has 0 saturated carbocycles. The number of thiazole rings is 1. The summed E-state index contributed by atoms with van der Waals surface area (Å²) in [7, 11) is 0. The zero-order chi connectivity index (χ0) is 15.5. The topological polar surface area (TPSA) is 73.9 Å². The van der Waals surface area contributed by atoms with Crippen LogP contribution in [0.25, 0.3) is 0 Å². The Kier molecular flexibility index (Phi) is 4.42. The molecule has 22 heavy (non-hydrogen) atoms. The number of piperidine rings is 1. The second-order valence-electron chi connectivity index (χ2n) is 5.64. The Hall–Kier alpha value is -1.89. The van der Waals surface area contributed by atoms with Crippen molar-refractivity contribution in [2.75, 3.05) is 6.54 Å². The van der Waals surface area contributed by atoms with Crippen molar-refractivity contribution in [2.45, 2.75) is 45.7 Å². The maximum absolute atomic E-state index is 12.5. The fraction of sp³-hybridized carbons (Fsp3) is 0.533. The van der Waals surface area contributed by atoms with Crippen LogP contribution in [0.4, 0.5) is 4.79 Å². The molecule has 3 heterocycles. The lowest BCUT2D eigenvalue weighted by Crippen LogP contribution is -2.44. The number of likely N-dealkylation sites (tertiary alicyclic amines) is 1. The number of rotatable bonds is 3. The minimum Gasteiger partial charge on any atom is -0.331 e. The van der Waals surface area contributed by atoms with Gasteiger partial charge in [0.2, 0.25) is 0 Å². The van der Waals surface area contributed by atoms with Crippen LogP contribution in [0, 0.1) is 13.8 Å². The number of amides is 2. The molecule has 2 N–H and O–H groups in total. The van der Waals surface area contributed by atoms with Crippen LogP contribution in [0.5, 0.6) is 0 Å². The van der Waals surface area contributed by atoms with Crippen LogP contribution in [0.3, 0.4) is 0 Å². The standard InChI is InChI=1S/C15H21N5OS/c1-10-11(2)22-14(19-10)9-16-15(21)20-6-4-3-5-13(20)12-7-17-18-8-12/h7-8,13H,3-6,9H2,1-2H3,(H,16,21)(H,17,18)/t13-/m1/s1. The lowest BCUT2D eigenvalue weighted by molar-refractivity contribution is 0.151. The number of aromatic amines is 1. The lowest BCUT2D eigenvalue weighted by Gasteiger charge is -2.35. The molecule has 0 radical (unpaired) electrons. The SMILES string of the molecule is Cc1nc(CNC(=O)N2CCCC[C@@H]2c2cn[nH]c2)sc1C. The smallest absolute Gasteiger partial charge is 0.318 e. The van der Waals surface area contributed by atoms with Crippen LogP contribution >= 0.6 is 11.3 Å². The minimum atomic E-state index is -0.0172. The maximum atomic E-state index is 12.5. The van der Waals surface area contributed by atoms with E-state index in [0.29, 0.717) is 6.54 Å². The molecule has 6 nitrogen and oxygen atoms in total. The number of aromatic nitrogens is 3. The molecule has 1 aliphatic heterocycles. The molecular weight excluding hydrogens is 298 g/mol. The van der Waals surface area contributed by atoms with E-state index in [2.05, 4.69) is 27.4 Å². The van der Waals surface area contributed by atoms with Crippen molar-refractivity contribution in [2.24, 2.45) is 0 Å². The second kappa shape index (κ2) is 6.48. The number of carbonyl (C=O) groups is 1. The van der Waals surface area contributed by atoms with E-state index in [9.17, 15) is 4.79 Å². The van der Waals surface area contributed by atoms with Crippen LogP contribution < -0.4 is 5.32 Å². The van der Waals surface area contributed by atoms with Gasteiger partial charge in [0.15, 0.2) is 0 Å². The lowest BCUT2D eigenvalue weighted by atomic mass is 9.98. The molecule has 2 amide bonds. The summed E-state index contributed by atoms with van der Waals surface area (Å²) in [5, 5.41) is 10.8. The molecule has 0 aromatic carbocycles. The van der Waals surface area contributed by atoms with Crippen molar-refractivity contribution in [1.82, 2.24) is 25.4 Å². The van der Waals surface area contributed by atoms with Gasteiger partial charge in [0.25, 0.3) is 0 Å². The molecule has 2 aromatic rings. The van der Waals surface area contributed by atoms with Gasteiger partial charge >= 0.3 is 6.03 Å². The van der Waals surface area contributed by atoms with Crippen molar-refractivity contribution in [3.63, 3.8) is 0 Å². The van der Waals surface area contributed by atoms with Crippen molar-refractivity contribution in [1.29, 1.82) is 0 Å². The number of hydrogen-bond acceptors (Lipinski definition) is 4. The summed E-state index contributed by atoms with van der Waals surface area (Å²) in [5.41, 5.74) is 2.12. The molecule has 1 atom stereocenters. The number of aryl methyl sites for hydroxylation is 2. The van der Waals surface area contributed by atoms with Gasteiger partial charge in [0, 0.05) is 23.2 Å². The monoisotopic (exact) mass is 319 g/mol. The first kappa shape index (κ1) is 15.0. The Morgan fingerprint density at radius 2 is 2.36 bits per heavy atom. The molecule has 7 heteroatoms. The molecule has 0 aliphatic carbocycles. The van der Waals surface area contributed by atoms with E-state index in [1.807, 2.05) is 24.2 Å². The summed E-state index contributed by atoms with van der Waals surface area (Å²) in [6.45, 7) is 5.33. The summed E-state index contributed by atoms with van der Waals surface area (Å²) < 4.78 is 0. The molecule has 118 valence electrons. The van der Waals surface area contributed by atoms with Gasteiger partial charge in [0.1, 0.15) is 5.01 Å². The average molecular weight is 319 g/mol. The third kappa shape index (κ3) is 3.14. The molecule has 3 rings (SSSR count). The highest BCUT2D eigenvalue weighted by molar-refractivity contribution is 7.11.